The number of anilines is 1. The van der Waals surface area contributed by atoms with E-state index >= 15 is 0 Å². The van der Waals surface area contributed by atoms with Crippen molar-refractivity contribution in [3.63, 3.8) is 0 Å². The van der Waals surface area contributed by atoms with Gasteiger partial charge in [0.15, 0.2) is 0 Å². The first kappa shape index (κ1) is 18.4. The van der Waals surface area contributed by atoms with Gasteiger partial charge in [0.1, 0.15) is 17.7 Å². The minimum Gasteiger partial charge on any atom is -0.354 e. The molecule has 0 aliphatic carbocycles. The maximum Gasteiger partial charge on any atom is 0.223 e. The van der Waals surface area contributed by atoms with Crippen LogP contribution in [0.5, 0.6) is 0 Å². The molecule has 0 saturated carbocycles. The molecule has 7 heteroatoms. The lowest BCUT2D eigenvalue weighted by Crippen LogP contribution is -2.12. The second-order valence-electron chi connectivity index (χ2n) is 4.87. The lowest BCUT2D eigenvalue weighted by Gasteiger charge is -2.07. The van der Waals surface area contributed by atoms with Crippen LogP contribution in [-0.4, -0.2) is 44.8 Å². The van der Waals surface area contributed by atoms with Crippen LogP contribution in [0, 0.1) is 6.92 Å². The lowest BCUT2D eigenvalue weighted by atomic mass is 9.90. The van der Waals surface area contributed by atoms with Crippen LogP contribution in [0.15, 0.2) is 18.3 Å². The van der Waals surface area contributed by atoms with E-state index in [1.807, 2.05) is 32.9 Å². The number of hydrogen-bond acceptors (Lipinski definition) is 5. The Labute approximate surface area is 135 Å². The normalized spacial score (nSPS) is 10.9. The Kier molecular flexibility index (Phi) is 6.80. The number of sulfone groups is 1. The molecule has 1 N–H and O–H groups in total. The summed E-state index contributed by atoms with van der Waals surface area (Å²) >= 11 is 0. The molecular formula is C15H24BN3O2S. The summed E-state index contributed by atoms with van der Waals surface area (Å²) in [5.74, 6) is 0.652. The minimum atomic E-state index is -2.92. The number of hydrogen-bond donors (Lipinski definition) is 1. The van der Waals surface area contributed by atoms with Gasteiger partial charge in [0.2, 0.25) is 5.95 Å². The molecule has 5 nitrogen and oxygen atoms in total. The summed E-state index contributed by atoms with van der Waals surface area (Å²) in [5.41, 5.74) is 2.51. The van der Waals surface area contributed by atoms with E-state index in [1.165, 1.54) is 6.26 Å². The third kappa shape index (κ3) is 5.64. The summed E-state index contributed by atoms with van der Waals surface area (Å²) in [6.45, 7) is 6.45. The van der Waals surface area contributed by atoms with E-state index < -0.39 is 9.84 Å². The SMILES string of the molecule is CC.[B]c1cc2cnc(NCCCS(C)(=O)=O)nc2cc1C.[HH]. The topological polar surface area (TPSA) is 72.0 Å². The zero-order valence-corrected chi connectivity index (χ0v) is 14.4. The number of rotatable bonds is 5. The number of fused-ring (bicyclic) bond motifs is 1. The second-order valence-corrected chi connectivity index (χ2v) is 7.13. The highest BCUT2D eigenvalue weighted by molar-refractivity contribution is 7.90. The van der Waals surface area contributed by atoms with Gasteiger partial charge in [-0.25, -0.2) is 18.4 Å². The van der Waals surface area contributed by atoms with E-state index in [0.717, 1.165) is 21.9 Å². The largest absolute Gasteiger partial charge is 0.354 e. The van der Waals surface area contributed by atoms with Crippen LogP contribution < -0.4 is 10.8 Å². The van der Waals surface area contributed by atoms with Crippen molar-refractivity contribution < 1.29 is 9.84 Å². The first-order valence-corrected chi connectivity index (χ1v) is 9.36. The molecule has 120 valence electrons. The Morgan fingerprint density at radius 2 is 2.00 bits per heavy atom. The fraction of sp³-hybridized carbons (Fsp3) is 0.467. The molecule has 0 fully saturated rings. The maximum absolute atomic E-state index is 11.0. The molecule has 22 heavy (non-hydrogen) atoms. The Morgan fingerprint density at radius 3 is 2.64 bits per heavy atom. The van der Waals surface area contributed by atoms with Gasteiger partial charge in [0.25, 0.3) is 0 Å². The molecule has 0 spiro atoms. The van der Waals surface area contributed by atoms with Gasteiger partial charge >= 0.3 is 0 Å². The van der Waals surface area contributed by atoms with Crippen LogP contribution in [0.4, 0.5) is 5.95 Å². The van der Waals surface area contributed by atoms with Gasteiger partial charge < -0.3 is 5.32 Å². The van der Waals surface area contributed by atoms with Crippen LogP contribution in [0.3, 0.4) is 0 Å². The van der Waals surface area contributed by atoms with E-state index in [4.69, 9.17) is 7.85 Å². The minimum absolute atomic E-state index is 0. The molecule has 2 rings (SSSR count). The summed E-state index contributed by atoms with van der Waals surface area (Å²) < 4.78 is 22.0. The van der Waals surface area contributed by atoms with E-state index in [-0.39, 0.29) is 7.18 Å². The fourth-order valence-electron chi connectivity index (χ4n) is 1.82. The third-order valence-electron chi connectivity index (χ3n) is 2.94. The van der Waals surface area contributed by atoms with Crippen LogP contribution >= 0.6 is 0 Å². The van der Waals surface area contributed by atoms with E-state index in [9.17, 15) is 8.42 Å². The summed E-state index contributed by atoms with van der Waals surface area (Å²) in [6.07, 6.45) is 3.46. The quantitative estimate of drug-likeness (QED) is 0.672. The van der Waals surface area contributed by atoms with Crippen molar-refractivity contribution in [1.29, 1.82) is 0 Å². The molecule has 0 aliphatic rings. The number of nitrogens with one attached hydrogen (secondary N) is 1. The van der Waals surface area contributed by atoms with Gasteiger partial charge in [0, 0.05) is 25.8 Å². The molecular weight excluding hydrogens is 297 g/mol. The van der Waals surface area contributed by atoms with Crippen molar-refractivity contribution in [2.24, 2.45) is 0 Å². The van der Waals surface area contributed by atoms with Gasteiger partial charge in [-0.2, -0.15) is 0 Å². The smallest absolute Gasteiger partial charge is 0.223 e. The Morgan fingerprint density at radius 1 is 1.32 bits per heavy atom. The third-order valence-corrected chi connectivity index (χ3v) is 3.97. The van der Waals surface area contributed by atoms with Crippen LogP contribution in [0.25, 0.3) is 10.9 Å². The van der Waals surface area contributed by atoms with E-state index in [1.54, 1.807) is 6.20 Å². The average Bonchev–Trinajstić information content (AvgIpc) is 2.46. The molecule has 1 heterocycles. The summed E-state index contributed by atoms with van der Waals surface area (Å²) in [5, 5.41) is 3.91. The Hall–Kier alpha value is -1.63. The van der Waals surface area contributed by atoms with Gasteiger partial charge in [-0.1, -0.05) is 30.9 Å². The van der Waals surface area contributed by atoms with Gasteiger partial charge in [-0.15, -0.1) is 0 Å². The molecule has 1 aromatic carbocycles. The van der Waals surface area contributed by atoms with Crippen molar-refractivity contribution in [1.82, 2.24) is 9.97 Å². The molecule has 0 atom stereocenters. The average molecular weight is 321 g/mol. The van der Waals surface area contributed by atoms with Crippen LogP contribution in [0.2, 0.25) is 0 Å². The molecule has 0 aliphatic heterocycles. The van der Waals surface area contributed by atoms with E-state index in [2.05, 4.69) is 15.3 Å². The highest BCUT2D eigenvalue weighted by Crippen LogP contribution is 2.12. The highest BCUT2D eigenvalue weighted by atomic mass is 32.2. The number of benzene rings is 1. The molecule has 2 aromatic rings. The highest BCUT2D eigenvalue weighted by Gasteiger charge is 2.04. The second kappa shape index (κ2) is 8.12. The predicted octanol–water partition coefficient (Wildman–Crippen LogP) is 1.85. The molecule has 1 aromatic heterocycles. The summed E-state index contributed by atoms with van der Waals surface area (Å²) in [4.78, 5) is 8.57. The van der Waals surface area contributed by atoms with Crippen LogP contribution in [0.1, 0.15) is 27.3 Å². The van der Waals surface area contributed by atoms with E-state index in [0.29, 0.717) is 18.9 Å². The molecule has 0 unspecified atom stereocenters. The van der Waals surface area contributed by atoms with Gasteiger partial charge in [-0.05, 0) is 19.4 Å². The summed E-state index contributed by atoms with van der Waals surface area (Å²) in [6, 6.07) is 3.76. The Bertz CT molecular complexity index is 739. The lowest BCUT2D eigenvalue weighted by molar-refractivity contribution is 0.600. The van der Waals surface area contributed by atoms with Crippen molar-refractivity contribution >= 4 is 40.0 Å². The first-order valence-electron chi connectivity index (χ1n) is 7.29. The monoisotopic (exact) mass is 321 g/mol. The molecule has 0 bridgehead atoms. The summed E-state index contributed by atoms with van der Waals surface area (Å²) in [7, 11) is 2.92. The van der Waals surface area contributed by atoms with Gasteiger partial charge in [0.05, 0.1) is 11.3 Å². The molecule has 2 radical (unpaired) electrons. The van der Waals surface area contributed by atoms with Crippen molar-refractivity contribution in [2.45, 2.75) is 27.2 Å². The maximum atomic E-state index is 11.0. The Balaban J connectivity index is 0.00000155. The first-order chi connectivity index (χ1) is 10.3. The molecule has 0 amide bonds. The fourth-order valence-corrected chi connectivity index (χ4v) is 2.49. The molecule has 0 saturated heterocycles. The van der Waals surface area contributed by atoms with Gasteiger partial charge in [-0.3, -0.25) is 0 Å². The predicted molar refractivity (Wildman–Crippen MR) is 95.9 cm³/mol. The number of nitrogens with zero attached hydrogens (tertiary/aromatic N) is 2. The van der Waals surface area contributed by atoms with Crippen molar-refractivity contribution in [3.05, 3.63) is 23.9 Å². The van der Waals surface area contributed by atoms with Crippen molar-refractivity contribution in [2.75, 3.05) is 23.9 Å². The van der Waals surface area contributed by atoms with Crippen LogP contribution in [-0.2, 0) is 9.84 Å². The zero-order chi connectivity index (χ0) is 16.8. The standard InChI is InChI=1S/C13H16BN3O2S.C2H6.H2/c1-9-6-12-10(7-11(9)14)8-16-13(17-12)15-4-3-5-20(2,18)19;1-2;/h6-8H,3-5H2,1-2H3,(H,15,16,17);1-2H3;1H. The zero-order valence-electron chi connectivity index (χ0n) is 13.5. The number of aromatic nitrogens is 2. The van der Waals surface area contributed by atoms with Crippen molar-refractivity contribution in [3.8, 4) is 0 Å². The number of aryl methyl sites for hydroxylation is 1.